The van der Waals surface area contributed by atoms with Gasteiger partial charge in [-0.15, -0.1) is 4.68 Å². The second-order valence-electron chi connectivity index (χ2n) is 6.11. The van der Waals surface area contributed by atoms with E-state index < -0.39 is 11.2 Å². The number of para-hydroxylation sites is 1. The Bertz CT molecular complexity index is 1330. The SMILES string of the molecule is COc1cccc(/C=N\n2c(=O)[nH]c3c([nH]c4ccc(C)cc43)c2=O)c1O. The summed E-state index contributed by atoms with van der Waals surface area (Å²) in [5, 5.41) is 14.8. The van der Waals surface area contributed by atoms with E-state index in [4.69, 9.17) is 4.74 Å². The topological polar surface area (TPSA) is 112 Å². The summed E-state index contributed by atoms with van der Waals surface area (Å²) in [6, 6.07) is 10.5. The van der Waals surface area contributed by atoms with Crippen LogP contribution < -0.4 is 16.0 Å². The molecular formula is C19H16N4O4. The largest absolute Gasteiger partial charge is 0.504 e. The lowest BCUT2D eigenvalue weighted by atomic mass is 10.2. The van der Waals surface area contributed by atoms with E-state index in [2.05, 4.69) is 15.1 Å². The molecule has 0 atom stereocenters. The monoisotopic (exact) mass is 364 g/mol. The van der Waals surface area contributed by atoms with E-state index >= 15 is 0 Å². The minimum Gasteiger partial charge on any atom is -0.504 e. The van der Waals surface area contributed by atoms with Crippen LogP contribution in [0.2, 0.25) is 0 Å². The van der Waals surface area contributed by atoms with Crippen LogP contribution in [-0.2, 0) is 0 Å². The molecule has 0 saturated heterocycles. The van der Waals surface area contributed by atoms with Gasteiger partial charge in [-0.2, -0.15) is 5.10 Å². The molecule has 4 aromatic rings. The summed E-state index contributed by atoms with van der Waals surface area (Å²) in [4.78, 5) is 30.9. The molecule has 3 N–H and O–H groups in total. The maximum Gasteiger partial charge on any atom is 0.350 e. The van der Waals surface area contributed by atoms with E-state index in [0.29, 0.717) is 15.8 Å². The third kappa shape index (κ3) is 2.67. The van der Waals surface area contributed by atoms with Crippen LogP contribution in [0.3, 0.4) is 0 Å². The molecule has 0 spiro atoms. The van der Waals surface area contributed by atoms with Crippen molar-refractivity contribution >= 4 is 28.2 Å². The number of hydrogen-bond acceptors (Lipinski definition) is 5. The molecule has 0 radical (unpaired) electrons. The Morgan fingerprint density at radius 1 is 1.15 bits per heavy atom. The molecule has 2 aromatic heterocycles. The highest BCUT2D eigenvalue weighted by molar-refractivity contribution is 6.04. The Morgan fingerprint density at radius 2 is 1.96 bits per heavy atom. The van der Waals surface area contributed by atoms with E-state index in [1.165, 1.54) is 13.3 Å². The van der Waals surface area contributed by atoms with Gasteiger partial charge in [0, 0.05) is 16.5 Å². The van der Waals surface area contributed by atoms with Gasteiger partial charge in [0.25, 0.3) is 0 Å². The summed E-state index contributed by atoms with van der Waals surface area (Å²) in [7, 11) is 1.43. The molecule has 2 aromatic carbocycles. The summed E-state index contributed by atoms with van der Waals surface area (Å²) in [6.07, 6.45) is 1.23. The molecule has 0 aliphatic heterocycles. The summed E-state index contributed by atoms with van der Waals surface area (Å²) in [6.45, 7) is 1.93. The maximum atomic E-state index is 12.7. The van der Waals surface area contributed by atoms with Crippen LogP contribution in [0.15, 0.2) is 51.1 Å². The van der Waals surface area contributed by atoms with Crippen molar-refractivity contribution < 1.29 is 9.84 Å². The molecule has 2 heterocycles. The van der Waals surface area contributed by atoms with Gasteiger partial charge in [0.05, 0.1) is 18.8 Å². The van der Waals surface area contributed by atoms with E-state index in [0.717, 1.165) is 16.5 Å². The first-order valence-corrected chi connectivity index (χ1v) is 8.17. The number of benzene rings is 2. The fourth-order valence-corrected chi connectivity index (χ4v) is 2.99. The van der Waals surface area contributed by atoms with Gasteiger partial charge in [-0.25, -0.2) is 4.79 Å². The second kappa shape index (κ2) is 6.17. The maximum absolute atomic E-state index is 12.7. The number of ether oxygens (including phenoxy) is 1. The summed E-state index contributed by atoms with van der Waals surface area (Å²) < 4.78 is 5.74. The van der Waals surface area contributed by atoms with Crippen LogP contribution in [-0.4, -0.2) is 33.1 Å². The van der Waals surface area contributed by atoms with Crippen molar-refractivity contribution in [3.05, 3.63) is 68.4 Å². The van der Waals surface area contributed by atoms with Crippen molar-refractivity contribution in [3.63, 3.8) is 0 Å². The molecule has 0 fully saturated rings. The number of aromatic hydroxyl groups is 1. The van der Waals surface area contributed by atoms with E-state index in [9.17, 15) is 14.7 Å². The first kappa shape index (κ1) is 16.6. The molecule has 0 bridgehead atoms. The van der Waals surface area contributed by atoms with Crippen molar-refractivity contribution in [2.45, 2.75) is 6.92 Å². The average Bonchev–Trinajstić information content (AvgIpc) is 3.01. The molecule has 0 saturated carbocycles. The van der Waals surface area contributed by atoms with Gasteiger partial charge in [0.15, 0.2) is 11.5 Å². The van der Waals surface area contributed by atoms with Gasteiger partial charge < -0.3 is 19.8 Å². The average molecular weight is 364 g/mol. The normalized spacial score (nSPS) is 11.6. The lowest BCUT2D eigenvalue weighted by Gasteiger charge is -2.04. The molecule has 0 amide bonds. The molecule has 4 rings (SSSR count). The quantitative estimate of drug-likeness (QED) is 0.483. The van der Waals surface area contributed by atoms with Crippen molar-refractivity contribution in [2.24, 2.45) is 5.10 Å². The summed E-state index contributed by atoms with van der Waals surface area (Å²) in [5.41, 5.74) is 1.51. The van der Waals surface area contributed by atoms with Gasteiger partial charge in [-0.05, 0) is 31.2 Å². The zero-order valence-electron chi connectivity index (χ0n) is 14.6. The van der Waals surface area contributed by atoms with Crippen molar-refractivity contribution in [1.29, 1.82) is 0 Å². The van der Waals surface area contributed by atoms with Crippen LogP contribution in [0.4, 0.5) is 0 Å². The Morgan fingerprint density at radius 3 is 2.74 bits per heavy atom. The molecule has 0 aliphatic carbocycles. The van der Waals surface area contributed by atoms with Crippen LogP contribution in [0.1, 0.15) is 11.1 Å². The minimum atomic E-state index is -0.673. The van der Waals surface area contributed by atoms with Crippen LogP contribution in [0.25, 0.3) is 21.9 Å². The Kier molecular flexibility index (Phi) is 3.80. The Balaban J connectivity index is 1.89. The van der Waals surface area contributed by atoms with E-state index in [1.54, 1.807) is 18.2 Å². The number of methoxy groups -OCH3 is 1. The molecular weight excluding hydrogens is 348 g/mol. The van der Waals surface area contributed by atoms with Gasteiger partial charge in [-0.1, -0.05) is 17.7 Å². The highest BCUT2D eigenvalue weighted by Crippen LogP contribution is 2.28. The third-order valence-corrected chi connectivity index (χ3v) is 4.35. The number of rotatable bonds is 3. The Hall–Kier alpha value is -3.81. The molecule has 27 heavy (non-hydrogen) atoms. The van der Waals surface area contributed by atoms with Crippen molar-refractivity contribution in [2.75, 3.05) is 7.11 Å². The minimum absolute atomic E-state index is 0.129. The number of aromatic amines is 2. The molecule has 0 unspecified atom stereocenters. The second-order valence-corrected chi connectivity index (χ2v) is 6.11. The predicted molar refractivity (Wildman–Crippen MR) is 103 cm³/mol. The van der Waals surface area contributed by atoms with Crippen LogP contribution >= 0.6 is 0 Å². The highest BCUT2D eigenvalue weighted by Gasteiger charge is 2.13. The molecule has 8 heteroatoms. The van der Waals surface area contributed by atoms with E-state index in [1.807, 2.05) is 25.1 Å². The number of aromatic nitrogens is 3. The number of H-pyrrole nitrogens is 2. The number of phenolic OH excluding ortho intramolecular Hbond substituents is 1. The summed E-state index contributed by atoms with van der Waals surface area (Å²) in [5.74, 6) is 0.136. The summed E-state index contributed by atoms with van der Waals surface area (Å²) >= 11 is 0. The fraction of sp³-hybridized carbons (Fsp3) is 0.105. The zero-order chi connectivity index (χ0) is 19.1. The van der Waals surface area contributed by atoms with Gasteiger partial charge in [0.2, 0.25) is 0 Å². The van der Waals surface area contributed by atoms with Gasteiger partial charge >= 0.3 is 11.2 Å². The number of nitrogens with one attached hydrogen (secondary N) is 2. The predicted octanol–water partition coefficient (Wildman–Crippen LogP) is 2.08. The molecule has 8 nitrogen and oxygen atoms in total. The van der Waals surface area contributed by atoms with Crippen LogP contribution in [0, 0.1) is 6.92 Å². The number of hydrogen-bond donors (Lipinski definition) is 3. The molecule has 136 valence electrons. The van der Waals surface area contributed by atoms with Crippen molar-refractivity contribution in [1.82, 2.24) is 14.6 Å². The zero-order valence-corrected chi connectivity index (χ0v) is 14.6. The van der Waals surface area contributed by atoms with Crippen molar-refractivity contribution in [3.8, 4) is 11.5 Å². The number of fused-ring (bicyclic) bond motifs is 3. The van der Waals surface area contributed by atoms with Gasteiger partial charge in [-0.3, -0.25) is 4.79 Å². The van der Waals surface area contributed by atoms with Crippen LogP contribution in [0.5, 0.6) is 11.5 Å². The van der Waals surface area contributed by atoms with Gasteiger partial charge in [0.1, 0.15) is 5.52 Å². The number of phenols is 1. The molecule has 0 aliphatic rings. The first-order chi connectivity index (χ1) is 13.0. The highest BCUT2D eigenvalue weighted by atomic mass is 16.5. The number of nitrogens with zero attached hydrogens (tertiary/aromatic N) is 2. The lowest BCUT2D eigenvalue weighted by Crippen LogP contribution is -2.32. The smallest absolute Gasteiger partial charge is 0.350 e. The Labute approximate surface area is 152 Å². The first-order valence-electron chi connectivity index (χ1n) is 8.17. The van der Waals surface area contributed by atoms with E-state index in [-0.39, 0.29) is 17.0 Å². The standard InChI is InChI=1S/C19H16N4O4/c1-10-6-7-13-12(8-10)15-16(21-13)18(25)23(19(26)22-15)20-9-11-4-3-5-14(27-2)17(11)24/h3-9,21,24H,1-2H3,(H,22,26)/b20-9-. The number of aryl methyl sites for hydroxylation is 1. The fourth-order valence-electron chi connectivity index (χ4n) is 2.99. The third-order valence-electron chi connectivity index (χ3n) is 4.35. The lowest BCUT2D eigenvalue weighted by molar-refractivity contribution is 0.373.